The average Bonchev–Trinajstić information content (AvgIpc) is 2.68. The number of hydrogen-bond donors (Lipinski definition) is 1. The van der Waals surface area contributed by atoms with Gasteiger partial charge in [0.25, 0.3) is 5.91 Å². The van der Waals surface area contributed by atoms with Gasteiger partial charge in [-0.3, -0.25) is 9.78 Å². The minimum absolute atomic E-state index is 0.119. The van der Waals surface area contributed by atoms with Gasteiger partial charge in [-0.2, -0.15) is 0 Å². The topological polar surface area (TPSA) is 78.1 Å². The summed E-state index contributed by atoms with van der Waals surface area (Å²) in [5.74, 6) is 0.161. The van der Waals surface area contributed by atoms with Crippen LogP contribution in [-0.4, -0.2) is 15.9 Å². The molecule has 2 aromatic carbocycles. The fraction of sp³-hybridized carbons (Fsp3) is 0.261. The molecule has 0 atom stereocenters. The summed E-state index contributed by atoms with van der Waals surface area (Å²) in [7, 11) is 0. The Bertz CT molecular complexity index is 977. The van der Waals surface area contributed by atoms with E-state index in [2.05, 4.69) is 53.3 Å². The summed E-state index contributed by atoms with van der Waals surface area (Å²) in [6.07, 6.45) is 6.52. The number of carbonyl (C=O) groups is 1. The second kappa shape index (κ2) is 7.43. The van der Waals surface area contributed by atoms with E-state index >= 15 is 0 Å². The molecule has 4 rings (SSSR count). The molecule has 1 saturated carbocycles. The van der Waals surface area contributed by atoms with Crippen LogP contribution in [0.5, 0.6) is 5.75 Å². The predicted molar refractivity (Wildman–Crippen MR) is 107 cm³/mol. The van der Waals surface area contributed by atoms with E-state index in [0.29, 0.717) is 5.69 Å². The minimum Gasteiger partial charge on any atom is -0.487 e. The molecule has 0 radical (unpaired) electrons. The van der Waals surface area contributed by atoms with Gasteiger partial charge < -0.3 is 10.5 Å². The van der Waals surface area contributed by atoms with Gasteiger partial charge in [-0.15, -0.1) is 0 Å². The fourth-order valence-electron chi connectivity index (χ4n) is 3.77. The van der Waals surface area contributed by atoms with Crippen molar-refractivity contribution in [3.8, 4) is 5.75 Å². The number of carbonyl (C=O) groups excluding carboxylic acids is 1. The van der Waals surface area contributed by atoms with Crippen LogP contribution in [0.15, 0.2) is 60.9 Å². The first-order valence-electron chi connectivity index (χ1n) is 9.48. The van der Waals surface area contributed by atoms with Crippen LogP contribution in [0, 0.1) is 6.92 Å². The standard InChI is InChI=1S/C23H23N3O2/c1-16-3-5-17(6-4-16)23(11-2-12-23)18-7-9-20(10-8-18)28-15-19-13-25-14-21(26-19)22(24)27/h3-10,13-14H,2,11-12,15H2,1H3,(H2,24,27). The van der Waals surface area contributed by atoms with Crippen LogP contribution in [0.25, 0.3) is 0 Å². The van der Waals surface area contributed by atoms with Crippen molar-refractivity contribution < 1.29 is 9.53 Å². The molecule has 1 heterocycles. The molecule has 0 bridgehead atoms. The summed E-state index contributed by atoms with van der Waals surface area (Å²) < 4.78 is 5.81. The van der Waals surface area contributed by atoms with Crippen molar-refractivity contribution in [1.82, 2.24) is 9.97 Å². The maximum atomic E-state index is 11.2. The Labute approximate surface area is 164 Å². The molecule has 5 nitrogen and oxygen atoms in total. The first-order chi connectivity index (χ1) is 13.6. The van der Waals surface area contributed by atoms with Crippen molar-refractivity contribution in [2.75, 3.05) is 0 Å². The fourth-order valence-corrected chi connectivity index (χ4v) is 3.77. The molecular weight excluding hydrogens is 350 g/mol. The molecule has 3 aromatic rings. The normalized spacial score (nSPS) is 14.9. The smallest absolute Gasteiger partial charge is 0.268 e. The second-order valence-corrected chi connectivity index (χ2v) is 7.37. The van der Waals surface area contributed by atoms with E-state index in [1.165, 1.54) is 42.1 Å². The van der Waals surface area contributed by atoms with Crippen molar-refractivity contribution in [2.45, 2.75) is 38.2 Å². The molecule has 5 heteroatoms. The van der Waals surface area contributed by atoms with Crippen LogP contribution < -0.4 is 10.5 Å². The molecule has 1 fully saturated rings. The summed E-state index contributed by atoms with van der Waals surface area (Å²) in [5.41, 5.74) is 10.1. The Hall–Kier alpha value is -3.21. The number of amides is 1. The van der Waals surface area contributed by atoms with Crippen molar-refractivity contribution in [3.05, 3.63) is 89.0 Å². The number of benzene rings is 2. The number of rotatable bonds is 6. The van der Waals surface area contributed by atoms with Crippen molar-refractivity contribution in [1.29, 1.82) is 0 Å². The highest BCUT2D eigenvalue weighted by molar-refractivity contribution is 5.90. The second-order valence-electron chi connectivity index (χ2n) is 7.37. The van der Waals surface area contributed by atoms with Crippen LogP contribution in [-0.2, 0) is 12.0 Å². The number of nitrogens with two attached hydrogens (primary N) is 1. The first kappa shape index (κ1) is 18.2. The highest BCUT2D eigenvalue weighted by Crippen LogP contribution is 2.49. The van der Waals surface area contributed by atoms with Gasteiger partial charge in [0.15, 0.2) is 0 Å². The Morgan fingerprint density at radius 2 is 1.68 bits per heavy atom. The largest absolute Gasteiger partial charge is 0.487 e. The van der Waals surface area contributed by atoms with Gasteiger partial charge in [-0.1, -0.05) is 48.4 Å². The van der Waals surface area contributed by atoms with E-state index in [0.717, 1.165) is 5.75 Å². The van der Waals surface area contributed by atoms with E-state index in [9.17, 15) is 4.79 Å². The van der Waals surface area contributed by atoms with Gasteiger partial charge in [-0.05, 0) is 43.0 Å². The lowest BCUT2D eigenvalue weighted by atomic mass is 9.60. The highest BCUT2D eigenvalue weighted by Gasteiger charge is 2.40. The van der Waals surface area contributed by atoms with E-state index in [1.807, 2.05) is 12.1 Å². The lowest BCUT2D eigenvalue weighted by Crippen LogP contribution is -2.35. The zero-order valence-electron chi connectivity index (χ0n) is 15.9. The van der Waals surface area contributed by atoms with Gasteiger partial charge in [0, 0.05) is 5.41 Å². The van der Waals surface area contributed by atoms with Gasteiger partial charge in [0.2, 0.25) is 0 Å². The van der Waals surface area contributed by atoms with Crippen LogP contribution >= 0.6 is 0 Å². The number of aryl methyl sites for hydroxylation is 1. The molecular formula is C23H23N3O2. The molecule has 0 aliphatic heterocycles. The summed E-state index contributed by atoms with van der Waals surface area (Å²) >= 11 is 0. The molecule has 1 amide bonds. The molecule has 0 unspecified atom stereocenters. The summed E-state index contributed by atoms with van der Waals surface area (Å²) in [6, 6.07) is 17.2. The quantitative estimate of drug-likeness (QED) is 0.710. The molecule has 0 saturated heterocycles. The lowest BCUT2D eigenvalue weighted by molar-refractivity contribution is 0.0994. The molecule has 1 aliphatic rings. The van der Waals surface area contributed by atoms with Gasteiger partial charge in [0.1, 0.15) is 18.1 Å². The van der Waals surface area contributed by atoms with Gasteiger partial charge in [0.05, 0.1) is 18.1 Å². The average molecular weight is 373 g/mol. The first-order valence-corrected chi connectivity index (χ1v) is 9.48. The summed E-state index contributed by atoms with van der Waals surface area (Å²) in [5, 5.41) is 0. The molecule has 1 aliphatic carbocycles. The summed E-state index contributed by atoms with van der Waals surface area (Å²) in [4.78, 5) is 19.3. The predicted octanol–water partition coefficient (Wildman–Crippen LogP) is 3.93. The molecule has 142 valence electrons. The lowest BCUT2D eigenvalue weighted by Gasteiger charge is -2.43. The van der Waals surface area contributed by atoms with Crippen molar-refractivity contribution in [3.63, 3.8) is 0 Å². The van der Waals surface area contributed by atoms with Crippen molar-refractivity contribution in [2.24, 2.45) is 5.73 Å². The third kappa shape index (κ3) is 3.48. The Balaban J connectivity index is 1.48. The van der Waals surface area contributed by atoms with Crippen molar-refractivity contribution >= 4 is 5.91 Å². The SMILES string of the molecule is Cc1ccc(C2(c3ccc(OCc4cncc(C(N)=O)n4)cc3)CCC2)cc1. The Morgan fingerprint density at radius 3 is 2.25 bits per heavy atom. The van der Waals surface area contributed by atoms with Crippen LogP contribution in [0.4, 0.5) is 0 Å². The number of nitrogens with zero attached hydrogens (tertiary/aromatic N) is 2. The monoisotopic (exact) mass is 373 g/mol. The highest BCUT2D eigenvalue weighted by atomic mass is 16.5. The Kier molecular flexibility index (Phi) is 4.82. The zero-order chi connectivity index (χ0) is 19.6. The maximum Gasteiger partial charge on any atom is 0.268 e. The third-order valence-corrected chi connectivity index (χ3v) is 5.54. The number of ether oxygens (including phenoxy) is 1. The maximum absolute atomic E-state index is 11.2. The van der Waals surface area contributed by atoms with Crippen LogP contribution in [0.2, 0.25) is 0 Å². The van der Waals surface area contributed by atoms with Gasteiger partial charge in [-0.25, -0.2) is 4.98 Å². The van der Waals surface area contributed by atoms with E-state index < -0.39 is 5.91 Å². The summed E-state index contributed by atoms with van der Waals surface area (Å²) in [6.45, 7) is 2.35. The number of hydrogen-bond acceptors (Lipinski definition) is 4. The van der Waals surface area contributed by atoms with Gasteiger partial charge >= 0.3 is 0 Å². The van der Waals surface area contributed by atoms with E-state index in [-0.39, 0.29) is 17.7 Å². The van der Waals surface area contributed by atoms with Crippen LogP contribution in [0.3, 0.4) is 0 Å². The molecule has 1 aromatic heterocycles. The van der Waals surface area contributed by atoms with Crippen LogP contribution in [0.1, 0.15) is 52.1 Å². The van der Waals surface area contributed by atoms with E-state index in [1.54, 1.807) is 6.20 Å². The minimum atomic E-state index is -0.597. The third-order valence-electron chi connectivity index (χ3n) is 5.54. The Morgan fingerprint density at radius 1 is 1.04 bits per heavy atom. The zero-order valence-corrected chi connectivity index (χ0v) is 15.9. The molecule has 0 spiro atoms. The number of primary amides is 1. The number of aromatic nitrogens is 2. The van der Waals surface area contributed by atoms with E-state index in [4.69, 9.17) is 10.5 Å². The molecule has 28 heavy (non-hydrogen) atoms. The molecule has 2 N–H and O–H groups in total.